The van der Waals surface area contributed by atoms with E-state index < -0.39 is 0 Å². The van der Waals surface area contributed by atoms with Crippen molar-refractivity contribution in [2.45, 2.75) is 13.0 Å². The Morgan fingerprint density at radius 3 is 2.82 bits per heavy atom. The zero-order valence-electron chi connectivity index (χ0n) is 14.8. The number of carbonyl (C=O) groups excluding carboxylic acids is 1. The summed E-state index contributed by atoms with van der Waals surface area (Å²) in [6.45, 7) is 0.543. The summed E-state index contributed by atoms with van der Waals surface area (Å²) in [6, 6.07) is 14.6. The Labute approximate surface area is 159 Å². The van der Waals surface area contributed by atoms with Gasteiger partial charge in [0.05, 0.1) is 0 Å². The van der Waals surface area contributed by atoms with Crippen LogP contribution in [0.2, 0.25) is 0 Å². The molecule has 0 aliphatic heterocycles. The van der Waals surface area contributed by atoms with Gasteiger partial charge in [0, 0.05) is 19.2 Å². The molecule has 0 unspecified atom stereocenters. The number of nitrogens with one attached hydrogen (secondary N) is 1. The van der Waals surface area contributed by atoms with Crippen LogP contribution in [0.15, 0.2) is 65.2 Å². The molecule has 4 aromatic rings. The van der Waals surface area contributed by atoms with Crippen LogP contribution >= 0.6 is 0 Å². The van der Waals surface area contributed by atoms with Gasteiger partial charge >= 0.3 is 0 Å². The van der Waals surface area contributed by atoms with E-state index in [0.717, 1.165) is 11.5 Å². The first-order chi connectivity index (χ1) is 13.7. The second-order valence-electron chi connectivity index (χ2n) is 6.06. The van der Waals surface area contributed by atoms with Crippen molar-refractivity contribution >= 4 is 11.6 Å². The minimum Gasteiger partial charge on any atom is -0.486 e. The standard InChI is InChI=1S/C20H17FN4O3/c21-14-4-6-15(7-5-14)27-13-16-8-9-17(28-16)20(26)22-11-10-19-24-23-18-3-1-2-12-25(18)19/h1-9,12H,10-11,13H2,(H,22,26). The Kier molecular flexibility index (Phi) is 5.01. The van der Waals surface area contributed by atoms with Crippen molar-refractivity contribution in [2.75, 3.05) is 6.54 Å². The van der Waals surface area contributed by atoms with Gasteiger partial charge in [0.2, 0.25) is 0 Å². The number of aromatic nitrogens is 3. The van der Waals surface area contributed by atoms with E-state index in [0.29, 0.717) is 24.5 Å². The van der Waals surface area contributed by atoms with Crippen molar-refractivity contribution in [3.05, 3.63) is 84.0 Å². The van der Waals surface area contributed by atoms with E-state index in [-0.39, 0.29) is 24.1 Å². The Hall–Kier alpha value is -3.68. The van der Waals surface area contributed by atoms with Gasteiger partial charge in [-0.3, -0.25) is 9.20 Å². The van der Waals surface area contributed by atoms with Crippen molar-refractivity contribution in [3.8, 4) is 5.75 Å². The number of benzene rings is 1. The Morgan fingerprint density at radius 2 is 1.96 bits per heavy atom. The first-order valence-electron chi connectivity index (χ1n) is 8.73. The largest absolute Gasteiger partial charge is 0.486 e. The van der Waals surface area contributed by atoms with Crippen LogP contribution in [0.4, 0.5) is 4.39 Å². The summed E-state index contributed by atoms with van der Waals surface area (Å²) in [5, 5.41) is 11.0. The first-order valence-corrected chi connectivity index (χ1v) is 8.73. The third-order valence-corrected chi connectivity index (χ3v) is 4.10. The van der Waals surface area contributed by atoms with E-state index in [1.165, 1.54) is 24.3 Å². The highest BCUT2D eigenvalue weighted by molar-refractivity contribution is 5.91. The van der Waals surface area contributed by atoms with Crippen molar-refractivity contribution in [3.63, 3.8) is 0 Å². The summed E-state index contributed by atoms with van der Waals surface area (Å²) < 4.78 is 25.8. The molecule has 0 saturated heterocycles. The Bertz CT molecular complexity index is 1090. The Balaban J connectivity index is 1.28. The van der Waals surface area contributed by atoms with Crippen LogP contribution in [0.5, 0.6) is 5.75 Å². The predicted molar refractivity (Wildman–Crippen MR) is 98.5 cm³/mol. The fourth-order valence-corrected chi connectivity index (χ4v) is 2.70. The van der Waals surface area contributed by atoms with Gasteiger partial charge in [-0.25, -0.2) is 4.39 Å². The SMILES string of the molecule is O=C(NCCc1nnc2ccccn12)c1ccc(COc2ccc(F)cc2)o1. The highest BCUT2D eigenvalue weighted by Gasteiger charge is 2.12. The fraction of sp³-hybridized carbons (Fsp3) is 0.150. The average molecular weight is 380 g/mol. The van der Waals surface area contributed by atoms with Crippen LogP contribution in [-0.2, 0) is 13.0 Å². The lowest BCUT2D eigenvalue weighted by molar-refractivity contribution is 0.0922. The van der Waals surface area contributed by atoms with E-state index in [1.807, 2.05) is 28.8 Å². The molecule has 3 aromatic heterocycles. The summed E-state index contributed by atoms with van der Waals surface area (Å²) in [5.74, 6) is 1.33. The van der Waals surface area contributed by atoms with Crippen molar-refractivity contribution < 1.29 is 18.3 Å². The minimum atomic E-state index is -0.330. The van der Waals surface area contributed by atoms with Gasteiger partial charge in [-0.2, -0.15) is 0 Å². The maximum atomic E-state index is 12.9. The van der Waals surface area contributed by atoms with Crippen LogP contribution < -0.4 is 10.1 Å². The predicted octanol–water partition coefficient (Wildman–Crippen LogP) is 3.01. The number of pyridine rings is 1. The summed E-state index contributed by atoms with van der Waals surface area (Å²) >= 11 is 0. The molecule has 1 N–H and O–H groups in total. The molecule has 142 valence electrons. The summed E-state index contributed by atoms with van der Waals surface area (Å²) in [7, 11) is 0. The number of hydrogen-bond acceptors (Lipinski definition) is 5. The molecule has 0 radical (unpaired) electrons. The number of hydrogen-bond donors (Lipinski definition) is 1. The third-order valence-electron chi connectivity index (χ3n) is 4.10. The van der Waals surface area contributed by atoms with E-state index >= 15 is 0 Å². The molecule has 8 heteroatoms. The van der Waals surface area contributed by atoms with Crippen LogP contribution in [0, 0.1) is 5.82 Å². The molecule has 0 aliphatic carbocycles. The Morgan fingerprint density at radius 1 is 1.11 bits per heavy atom. The minimum absolute atomic E-state index is 0.143. The van der Waals surface area contributed by atoms with Crippen LogP contribution in [0.3, 0.4) is 0 Å². The van der Waals surface area contributed by atoms with Gasteiger partial charge in [-0.05, 0) is 48.5 Å². The molecule has 1 amide bonds. The molecule has 28 heavy (non-hydrogen) atoms. The average Bonchev–Trinajstić information content (AvgIpc) is 3.35. The van der Waals surface area contributed by atoms with Crippen LogP contribution in [-0.4, -0.2) is 27.0 Å². The molecule has 0 fully saturated rings. The molecule has 3 heterocycles. The number of halogens is 1. The second-order valence-corrected chi connectivity index (χ2v) is 6.06. The number of furan rings is 1. The van der Waals surface area contributed by atoms with Gasteiger partial charge in [0.15, 0.2) is 11.4 Å². The van der Waals surface area contributed by atoms with Crippen molar-refractivity contribution in [1.29, 1.82) is 0 Å². The van der Waals surface area contributed by atoms with Crippen LogP contribution in [0.1, 0.15) is 22.1 Å². The van der Waals surface area contributed by atoms with Gasteiger partial charge < -0.3 is 14.5 Å². The van der Waals surface area contributed by atoms with Gasteiger partial charge in [-0.1, -0.05) is 6.07 Å². The monoisotopic (exact) mass is 380 g/mol. The third kappa shape index (κ3) is 4.01. The lowest BCUT2D eigenvalue weighted by Crippen LogP contribution is -2.25. The van der Waals surface area contributed by atoms with Gasteiger partial charge in [0.25, 0.3) is 5.91 Å². The number of amides is 1. The number of nitrogens with zero attached hydrogens (tertiary/aromatic N) is 3. The molecule has 0 atom stereocenters. The van der Waals surface area contributed by atoms with Gasteiger partial charge in [0.1, 0.15) is 29.8 Å². The highest BCUT2D eigenvalue weighted by Crippen LogP contribution is 2.15. The smallest absolute Gasteiger partial charge is 0.287 e. The summed E-state index contributed by atoms with van der Waals surface area (Å²) in [4.78, 5) is 12.2. The number of fused-ring (bicyclic) bond motifs is 1. The zero-order valence-corrected chi connectivity index (χ0v) is 14.8. The van der Waals surface area contributed by atoms with Gasteiger partial charge in [-0.15, -0.1) is 10.2 Å². The fourth-order valence-electron chi connectivity index (χ4n) is 2.70. The first kappa shape index (κ1) is 17.7. The van der Waals surface area contributed by atoms with Crippen molar-refractivity contribution in [1.82, 2.24) is 19.9 Å². The zero-order chi connectivity index (χ0) is 19.3. The molecule has 7 nitrogen and oxygen atoms in total. The summed E-state index contributed by atoms with van der Waals surface area (Å²) in [6.07, 6.45) is 2.42. The maximum absolute atomic E-state index is 12.9. The molecular formula is C20H17FN4O3. The molecule has 0 saturated carbocycles. The lowest BCUT2D eigenvalue weighted by atomic mass is 10.3. The molecule has 4 rings (SSSR count). The second kappa shape index (κ2) is 7.91. The molecule has 0 spiro atoms. The molecular weight excluding hydrogens is 363 g/mol. The lowest BCUT2D eigenvalue weighted by Gasteiger charge is -2.04. The maximum Gasteiger partial charge on any atom is 0.287 e. The van der Waals surface area contributed by atoms with E-state index in [9.17, 15) is 9.18 Å². The van der Waals surface area contributed by atoms with E-state index in [4.69, 9.17) is 9.15 Å². The normalized spacial score (nSPS) is 10.9. The molecule has 0 aliphatic rings. The molecule has 0 bridgehead atoms. The number of ether oxygens (including phenoxy) is 1. The quantitative estimate of drug-likeness (QED) is 0.533. The number of rotatable bonds is 7. The van der Waals surface area contributed by atoms with Crippen LogP contribution in [0.25, 0.3) is 5.65 Å². The van der Waals surface area contributed by atoms with Crippen molar-refractivity contribution in [2.24, 2.45) is 0 Å². The van der Waals surface area contributed by atoms with E-state index in [2.05, 4.69) is 15.5 Å². The summed E-state index contributed by atoms with van der Waals surface area (Å²) in [5.41, 5.74) is 0.764. The van der Waals surface area contributed by atoms with E-state index in [1.54, 1.807) is 12.1 Å². The number of carbonyl (C=O) groups is 1. The molecule has 1 aromatic carbocycles. The topological polar surface area (TPSA) is 81.7 Å². The highest BCUT2D eigenvalue weighted by atomic mass is 19.1.